The van der Waals surface area contributed by atoms with Crippen molar-refractivity contribution in [1.82, 2.24) is 0 Å². The van der Waals surface area contributed by atoms with Gasteiger partial charge in [-0.25, -0.2) is 8.78 Å². The maximum Gasteiger partial charge on any atom is 0.206 e. The van der Waals surface area contributed by atoms with Crippen LogP contribution in [0.25, 0.3) is 0 Å². The molecule has 0 aliphatic carbocycles. The third-order valence-electron chi connectivity index (χ3n) is 2.18. The molecule has 0 fully saturated rings. The van der Waals surface area contributed by atoms with E-state index in [1.807, 2.05) is 0 Å². The summed E-state index contributed by atoms with van der Waals surface area (Å²) in [5, 5.41) is 0. The number of thiophene rings is 1. The predicted octanol–water partition coefficient (Wildman–Crippen LogP) is 4.36. The summed E-state index contributed by atoms with van der Waals surface area (Å²) in [6.07, 6.45) is 0. The lowest BCUT2D eigenvalue weighted by molar-refractivity contribution is 0.103. The van der Waals surface area contributed by atoms with Crippen molar-refractivity contribution in [2.45, 2.75) is 0 Å². The Kier molecular flexibility index (Phi) is 3.84. The first kappa shape index (κ1) is 13.6. The summed E-state index contributed by atoms with van der Waals surface area (Å²) in [6.45, 7) is 0. The number of nitrogen functional groups attached to an aromatic ring is 1. The molecule has 0 bridgehead atoms. The number of hydrogen-bond donors (Lipinski definition) is 1. The maximum absolute atomic E-state index is 13.7. The minimum atomic E-state index is -0.901. The second-order valence-electron chi connectivity index (χ2n) is 3.42. The van der Waals surface area contributed by atoms with Gasteiger partial charge in [-0.1, -0.05) is 0 Å². The quantitative estimate of drug-likeness (QED) is 0.605. The monoisotopic (exact) mass is 395 g/mol. The number of benzene rings is 1. The van der Waals surface area contributed by atoms with Gasteiger partial charge in [0.15, 0.2) is 5.82 Å². The van der Waals surface area contributed by atoms with Crippen molar-refractivity contribution < 1.29 is 13.6 Å². The van der Waals surface area contributed by atoms with Crippen molar-refractivity contribution in [2.24, 2.45) is 0 Å². The summed E-state index contributed by atoms with van der Waals surface area (Å²) < 4.78 is 28.2. The number of halogens is 4. The number of nitrogens with two attached hydrogens (primary N) is 1. The molecule has 0 amide bonds. The molecule has 2 rings (SSSR count). The van der Waals surface area contributed by atoms with Crippen LogP contribution in [-0.2, 0) is 0 Å². The Morgan fingerprint density at radius 1 is 1.22 bits per heavy atom. The summed E-state index contributed by atoms with van der Waals surface area (Å²) in [5.41, 5.74) is 4.54. The van der Waals surface area contributed by atoms with Crippen molar-refractivity contribution >= 4 is 54.7 Å². The van der Waals surface area contributed by atoms with Gasteiger partial charge < -0.3 is 5.73 Å². The SMILES string of the molecule is Nc1cc(F)cc(C(=O)c2cc(Br)c(Br)s2)c1F. The summed E-state index contributed by atoms with van der Waals surface area (Å²) >= 11 is 7.58. The Morgan fingerprint density at radius 3 is 2.44 bits per heavy atom. The smallest absolute Gasteiger partial charge is 0.206 e. The Balaban J connectivity index is 2.52. The fraction of sp³-hybridized carbons (Fsp3) is 0. The molecule has 2 aromatic rings. The molecule has 0 radical (unpaired) electrons. The molecule has 1 heterocycles. The standard InChI is InChI=1S/C11H5Br2F2NOS/c12-6-3-8(18-11(6)13)10(17)5-1-4(14)2-7(16)9(5)15/h1-3H,16H2. The zero-order chi connectivity index (χ0) is 13.4. The van der Waals surface area contributed by atoms with E-state index in [1.54, 1.807) is 0 Å². The van der Waals surface area contributed by atoms with Crippen LogP contribution in [0.3, 0.4) is 0 Å². The number of carbonyl (C=O) groups excluding carboxylic acids is 1. The van der Waals surface area contributed by atoms with Crippen LogP contribution in [0.2, 0.25) is 0 Å². The van der Waals surface area contributed by atoms with Gasteiger partial charge in [-0.15, -0.1) is 11.3 Å². The Bertz CT molecular complexity index is 623. The van der Waals surface area contributed by atoms with E-state index in [0.717, 1.165) is 23.5 Å². The van der Waals surface area contributed by atoms with Crippen molar-refractivity contribution in [3.05, 3.63) is 48.5 Å². The van der Waals surface area contributed by atoms with Crippen LogP contribution in [0.15, 0.2) is 26.5 Å². The molecule has 0 spiro atoms. The van der Waals surface area contributed by atoms with Crippen molar-refractivity contribution in [2.75, 3.05) is 5.73 Å². The van der Waals surface area contributed by atoms with Crippen molar-refractivity contribution in [3.63, 3.8) is 0 Å². The second-order valence-corrected chi connectivity index (χ2v) is 6.64. The fourth-order valence-corrected chi connectivity index (χ4v) is 3.36. The van der Waals surface area contributed by atoms with E-state index in [4.69, 9.17) is 5.73 Å². The summed E-state index contributed by atoms with van der Waals surface area (Å²) in [6, 6.07) is 3.22. The first-order chi connectivity index (χ1) is 8.40. The second kappa shape index (κ2) is 5.07. The minimum Gasteiger partial charge on any atom is -0.396 e. The average Bonchev–Trinajstić information content (AvgIpc) is 2.63. The zero-order valence-electron chi connectivity index (χ0n) is 8.64. The zero-order valence-corrected chi connectivity index (χ0v) is 12.6. The number of carbonyl (C=O) groups is 1. The van der Waals surface area contributed by atoms with Gasteiger partial charge in [0.05, 0.1) is 19.9 Å². The topological polar surface area (TPSA) is 43.1 Å². The van der Waals surface area contributed by atoms with E-state index < -0.39 is 17.4 Å². The molecule has 0 atom stereocenters. The molecule has 0 aliphatic heterocycles. The number of anilines is 1. The summed E-state index contributed by atoms with van der Waals surface area (Å²) in [5.74, 6) is -2.25. The molecule has 0 saturated heterocycles. The van der Waals surface area contributed by atoms with Gasteiger partial charge >= 0.3 is 0 Å². The largest absolute Gasteiger partial charge is 0.396 e. The third kappa shape index (κ3) is 2.48. The summed E-state index contributed by atoms with van der Waals surface area (Å²) in [7, 11) is 0. The van der Waals surface area contributed by atoms with E-state index >= 15 is 0 Å². The van der Waals surface area contributed by atoms with Crippen LogP contribution in [0, 0.1) is 11.6 Å². The Hall–Kier alpha value is -0.790. The molecule has 18 heavy (non-hydrogen) atoms. The van der Waals surface area contributed by atoms with Gasteiger partial charge in [0.2, 0.25) is 5.78 Å². The average molecular weight is 397 g/mol. The third-order valence-corrected chi connectivity index (χ3v) is 5.43. The molecular weight excluding hydrogens is 392 g/mol. The van der Waals surface area contributed by atoms with Crippen LogP contribution in [0.1, 0.15) is 15.2 Å². The van der Waals surface area contributed by atoms with E-state index in [1.165, 1.54) is 6.07 Å². The van der Waals surface area contributed by atoms with Gasteiger partial charge in [-0.3, -0.25) is 4.79 Å². The number of hydrogen-bond acceptors (Lipinski definition) is 3. The van der Waals surface area contributed by atoms with E-state index in [0.29, 0.717) is 8.26 Å². The van der Waals surface area contributed by atoms with Crippen LogP contribution in [-0.4, -0.2) is 5.78 Å². The highest BCUT2D eigenvalue weighted by molar-refractivity contribution is 9.13. The fourth-order valence-electron chi connectivity index (χ4n) is 1.37. The molecule has 0 saturated carbocycles. The van der Waals surface area contributed by atoms with E-state index in [-0.39, 0.29) is 16.1 Å². The Labute approximate surface area is 122 Å². The molecule has 0 aliphatic rings. The van der Waals surface area contributed by atoms with Gasteiger partial charge in [0.25, 0.3) is 0 Å². The molecule has 7 heteroatoms. The highest BCUT2D eigenvalue weighted by Gasteiger charge is 2.20. The Morgan fingerprint density at radius 2 is 1.89 bits per heavy atom. The van der Waals surface area contributed by atoms with Crippen molar-refractivity contribution in [3.8, 4) is 0 Å². The predicted molar refractivity (Wildman–Crippen MR) is 73.9 cm³/mol. The maximum atomic E-state index is 13.7. The van der Waals surface area contributed by atoms with Gasteiger partial charge in [-0.05, 0) is 50.1 Å². The normalized spacial score (nSPS) is 10.7. The molecular formula is C11H5Br2F2NOS. The molecule has 94 valence electrons. The molecule has 1 aromatic heterocycles. The first-order valence-electron chi connectivity index (χ1n) is 4.64. The van der Waals surface area contributed by atoms with Gasteiger partial charge in [0.1, 0.15) is 5.82 Å². The van der Waals surface area contributed by atoms with Crippen LogP contribution in [0.5, 0.6) is 0 Å². The number of ketones is 1. The molecule has 0 unspecified atom stereocenters. The lowest BCUT2D eigenvalue weighted by Gasteiger charge is -2.03. The molecule has 2 nitrogen and oxygen atoms in total. The van der Waals surface area contributed by atoms with E-state index in [2.05, 4.69) is 31.9 Å². The summed E-state index contributed by atoms with van der Waals surface area (Å²) in [4.78, 5) is 12.3. The lowest BCUT2D eigenvalue weighted by atomic mass is 10.1. The molecule has 2 N–H and O–H groups in total. The highest BCUT2D eigenvalue weighted by Crippen LogP contribution is 2.34. The van der Waals surface area contributed by atoms with Crippen LogP contribution in [0.4, 0.5) is 14.5 Å². The minimum absolute atomic E-state index is 0.289. The van der Waals surface area contributed by atoms with Crippen LogP contribution >= 0.6 is 43.2 Å². The van der Waals surface area contributed by atoms with E-state index in [9.17, 15) is 13.6 Å². The first-order valence-corrected chi connectivity index (χ1v) is 7.04. The van der Waals surface area contributed by atoms with Crippen molar-refractivity contribution in [1.29, 1.82) is 0 Å². The number of rotatable bonds is 2. The van der Waals surface area contributed by atoms with Crippen LogP contribution < -0.4 is 5.73 Å². The van der Waals surface area contributed by atoms with Gasteiger partial charge in [-0.2, -0.15) is 0 Å². The lowest BCUT2D eigenvalue weighted by Crippen LogP contribution is -2.06. The van der Waals surface area contributed by atoms with Gasteiger partial charge in [0, 0.05) is 4.47 Å². The molecule has 1 aromatic carbocycles. The highest BCUT2D eigenvalue weighted by atomic mass is 79.9.